The number of carbonyl (C=O) groups excluding carboxylic acids is 3. The van der Waals surface area contributed by atoms with Crippen LogP contribution in [-0.2, 0) is 4.79 Å². The first-order chi connectivity index (χ1) is 14.0. The average Bonchev–Trinajstić information content (AvgIpc) is 2.99. The number of ether oxygens (including phenoxy) is 1. The van der Waals surface area contributed by atoms with E-state index >= 15 is 0 Å². The molecule has 3 aromatic carbocycles. The topological polar surface area (TPSA) is 75.7 Å². The molecule has 1 heterocycles. The van der Waals surface area contributed by atoms with Crippen molar-refractivity contribution in [2.45, 2.75) is 0 Å². The Morgan fingerprint density at radius 1 is 0.862 bits per heavy atom. The number of nitrogens with zero attached hydrogens (tertiary/aromatic N) is 1. The Balaban J connectivity index is 1.39. The molecule has 0 fully saturated rings. The summed E-state index contributed by atoms with van der Waals surface area (Å²) in [7, 11) is 0. The van der Waals surface area contributed by atoms with Gasteiger partial charge in [-0.05, 0) is 60.7 Å². The maximum Gasteiger partial charge on any atom is 0.266 e. The van der Waals surface area contributed by atoms with Crippen LogP contribution in [0, 0.1) is 0 Å². The molecule has 0 atom stereocenters. The molecule has 0 aromatic heterocycles. The van der Waals surface area contributed by atoms with Crippen molar-refractivity contribution in [3.8, 4) is 5.75 Å². The number of imide groups is 1. The molecule has 4 rings (SSSR count). The monoisotopic (exact) mass is 406 g/mol. The Kier molecular flexibility index (Phi) is 5.01. The van der Waals surface area contributed by atoms with Crippen molar-refractivity contribution in [2.24, 2.45) is 0 Å². The molecule has 1 aliphatic heterocycles. The number of anilines is 2. The van der Waals surface area contributed by atoms with E-state index in [9.17, 15) is 14.4 Å². The number of fused-ring (bicyclic) bond motifs is 1. The zero-order valence-corrected chi connectivity index (χ0v) is 15.8. The van der Waals surface area contributed by atoms with Crippen LogP contribution in [0.4, 0.5) is 11.4 Å². The molecule has 0 radical (unpaired) electrons. The zero-order valence-electron chi connectivity index (χ0n) is 15.1. The van der Waals surface area contributed by atoms with Gasteiger partial charge in [0, 0.05) is 10.7 Å². The maximum atomic E-state index is 12.5. The fourth-order valence-corrected chi connectivity index (χ4v) is 3.12. The predicted molar refractivity (Wildman–Crippen MR) is 110 cm³/mol. The molecule has 0 unspecified atom stereocenters. The molecule has 7 heteroatoms. The van der Waals surface area contributed by atoms with E-state index in [-0.39, 0.29) is 24.3 Å². The number of halogens is 1. The third-order valence-corrected chi connectivity index (χ3v) is 4.64. The summed E-state index contributed by atoms with van der Waals surface area (Å²) in [5, 5.41) is 3.29. The molecular formula is C22H15ClN2O4. The molecule has 6 nitrogen and oxygen atoms in total. The summed E-state index contributed by atoms with van der Waals surface area (Å²) in [5.41, 5.74) is 1.73. The standard InChI is InChI=1S/C22H15ClN2O4/c23-14-5-11-17(12-6-14)29-13-20(26)24-15-7-9-16(10-8-15)25-21(27)18-3-1-2-4-19(18)22(25)28/h1-12H,13H2,(H,24,26). The molecule has 144 valence electrons. The van der Waals surface area contributed by atoms with Gasteiger partial charge in [-0.25, -0.2) is 4.90 Å². The van der Waals surface area contributed by atoms with Gasteiger partial charge in [0.25, 0.3) is 17.7 Å². The Bertz CT molecular complexity index is 1060. The van der Waals surface area contributed by atoms with Gasteiger partial charge in [0.1, 0.15) is 5.75 Å². The van der Waals surface area contributed by atoms with Crippen molar-refractivity contribution < 1.29 is 19.1 Å². The second kappa shape index (κ2) is 7.77. The number of benzene rings is 3. The van der Waals surface area contributed by atoms with E-state index in [2.05, 4.69) is 5.32 Å². The molecule has 0 aliphatic carbocycles. The molecule has 1 aliphatic rings. The lowest BCUT2D eigenvalue weighted by atomic mass is 10.1. The lowest BCUT2D eigenvalue weighted by molar-refractivity contribution is -0.118. The fourth-order valence-electron chi connectivity index (χ4n) is 2.99. The van der Waals surface area contributed by atoms with Gasteiger partial charge in [-0.1, -0.05) is 23.7 Å². The van der Waals surface area contributed by atoms with Crippen molar-refractivity contribution in [1.82, 2.24) is 0 Å². The largest absolute Gasteiger partial charge is 0.484 e. The van der Waals surface area contributed by atoms with Crippen LogP contribution >= 0.6 is 11.6 Å². The van der Waals surface area contributed by atoms with Crippen molar-refractivity contribution in [3.05, 3.63) is 88.9 Å². The molecule has 1 N–H and O–H groups in total. The van der Waals surface area contributed by atoms with Gasteiger partial charge in [0.2, 0.25) is 0 Å². The Morgan fingerprint density at radius 2 is 1.45 bits per heavy atom. The minimum atomic E-state index is -0.362. The van der Waals surface area contributed by atoms with E-state index < -0.39 is 0 Å². The van der Waals surface area contributed by atoms with Crippen LogP contribution in [0.3, 0.4) is 0 Å². The van der Waals surface area contributed by atoms with Gasteiger partial charge in [-0.3, -0.25) is 14.4 Å². The highest BCUT2D eigenvalue weighted by Gasteiger charge is 2.36. The van der Waals surface area contributed by atoms with E-state index in [0.717, 1.165) is 4.90 Å². The minimum absolute atomic E-state index is 0.165. The lowest BCUT2D eigenvalue weighted by Crippen LogP contribution is -2.29. The molecule has 0 spiro atoms. The Morgan fingerprint density at radius 3 is 2.03 bits per heavy atom. The molecule has 3 amide bonds. The fraction of sp³-hybridized carbons (Fsp3) is 0.0455. The van der Waals surface area contributed by atoms with Gasteiger partial charge in [0.15, 0.2) is 6.61 Å². The molecular weight excluding hydrogens is 392 g/mol. The van der Waals surface area contributed by atoms with Crippen molar-refractivity contribution in [2.75, 3.05) is 16.8 Å². The summed E-state index contributed by atoms with van der Waals surface area (Å²) in [6.45, 7) is -0.165. The second-order valence-electron chi connectivity index (χ2n) is 6.33. The van der Waals surface area contributed by atoms with E-state index in [0.29, 0.717) is 33.3 Å². The first kappa shape index (κ1) is 18.7. The van der Waals surface area contributed by atoms with Gasteiger partial charge in [-0.15, -0.1) is 0 Å². The zero-order chi connectivity index (χ0) is 20.4. The third kappa shape index (κ3) is 3.83. The minimum Gasteiger partial charge on any atom is -0.484 e. The predicted octanol–water partition coefficient (Wildman–Crippen LogP) is 4.16. The highest BCUT2D eigenvalue weighted by molar-refractivity contribution is 6.34. The number of hydrogen-bond acceptors (Lipinski definition) is 4. The van der Waals surface area contributed by atoms with Crippen LogP contribution < -0.4 is 15.0 Å². The summed E-state index contributed by atoms with van der Waals surface area (Å²) in [6.07, 6.45) is 0. The van der Waals surface area contributed by atoms with Crippen molar-refractivity contribution >= 4 is 40.7 Å². The number of nitrogens with one attached hydrogen (secondary N) is 1. The lowest BCUT2D eigenvalue weighted by Gasteiger charge is -2.14. The van der Waals surface area contributed by atoms with Gasteiger partial charge in [0.05, 0.1) is 16.8 Å². The third-order valence-electron chi connectivity index (χ3n) is 4.39. The summed E-state index contributed by atoms with van der Waals surface area (Å²) >= 11 is 5.81. The van der Waals surface area contributed by atoms with Crippen molar-refractivity contribution in [1.29, 1.82) is 0 Å². The van der Waals surface area contributed by atoms with Crippen LogP contribution in [0.5, 0.6) is 5.75 Å². The van der Waals surface area contributed by atoms with E-state index in [1.54, 1.807) is 72.8 Å². The average molecular weight is 407 g/mol. The van der Waals surface area contributed by atoms with Gasteiger partial charge < -0.3 is 10.1 Å². The highest BCUT2D eigenvalue weighted by Crippen LogP contribution is 2.29. The summed E-state index contributed by atoms with van der Waals surface area (Å²) in [4.78, 5) is 38.2. The molecule has 0 saturated carbocycles. The first-order valence-electron chi connectivity index (χ1n) is 8.79. The molecule has 3 aromatic rings. The van der Waals surface area contributed by atoms with Crippen LogP contribution in [0.1, 0.15) is 20.7 Å². The van der Waals surface area contributed by atoms with Crippen molar-refractivity contribution in [3.63, 3.8) is 0 Å². The Labute approximate surface area is 171 Å². The number of carbonyl (C=O) groups is 3. The van der Waals surface area contributed by atoms with Crippen LogP contribution in [0.2, 0.25) is 5.02 Å². The number of amides is 3. The summed E-state index contributed by atoms with van der Waals surface area (Å²) in [5.74, 6) is -0.531. The second-order valence-corrected chi connectivity index (χ2v) is 6.77. The Hall–Kier alpha value is -3.64. The smallest absolute Gasteiger partial charge is 0.266 e. The van der Waals surface area contributed by atoms with E-state index in [1.165, 1.54) is 0 Å². The maximum absolute atomic E-state index is 12.5. The van der Waals surface area contributed by atoms with Crippen LogP contribution in [0.15, 0.2) is 72.8 Å². The summed E-state index contributed by atoms with van der Waals surface area (Å²) < 4.78 is 5.40. The van der Waals surface area contributed by atoms with Crippen LogP contribution in [-0.4, -0.2) is 24.3 Å². The normalized spacial score (nSPS) is 12.7. The first-order valence-corrected chi connectivity index (χ1v) is 9.17. The highest BCUT2D eigenvalue weighted by atomic mass is 35.5. The van der Waals surface area contributed by atoms with Gasteiger partial charge >= 0.3 is 0 Å². The molecule has 0 bridgehead atoms. The molecule has 29 heavy (non-hydrogen) atoms. The number of hydrogen-bond donors (Lipinski definition) is 1. The van der Waals surface area contributed by atoms with Gasteiger partial charge in [-0.2, -0.15) is 0 Å². The number of rotatable bonds is 5. The quantitative estimate of drug-likeness (QED) is 0.645. The van der Waals surface area contributed by atoms with Crippen LogP contribution in [0.25, 0.3) is 0 Å². The van der Waals surface area contributed by atoms with E-state index in [1.807, 2.05) is 0 Å². The SMILES string of the molecule is O=C(COc1ccc(Cl)cc1)Nc1ccc(N2C(=O)c3ccccc3C2=O)cc1. The van der Waals surface area contributed by atoms with E-state index in [4.69, 9.17) is 16.3 Å². The molecule has 0 saturated heterocycles. The summed E-state index contributed by atoms with van der Waals surface area (Å²) in [6, 6.07) is 19.9.